The maximum Gasteiger partial charge on any atom is 0.313 e. The second kappa shape index (κ2) is 12.4. The highest BCUT2D eigenvalue weighted by Crippen LogP contribution is 2.18. The van der Waals surface area contributed by atoms with Gasteiger partial charge in [0.05, 0.1) is 26.1 Å². The Morgan fingerprint density at radius 3 is 1.40 bits per heavy atom. The molecule has 0 unspecified atom stereocenters. The minimum Gasteiger partial charge on any atom is -0.261 e. The van der Waals surface area contributed by atoms with Gasteiger partial charge in [0.25, 0.3) is 0 Å². The van der Waals surface area contributed by atoms with E-state index in [2.05, 4.69) is 27.7 Å². The summed E-state index contributed by atoms with van der Waals surface area (Å²) in [6.45, 7) is 12.1. The highest BCUT2D eigenvalue weighted by molar-refractivity contribution is 5.69. The average molecular weight is 285 g/mol. The first kappa shape index (κ1) is 19.6. The molecule has 2 nitrogen and oxygen atoms in total. The molecular weight excluding hydrogens is 246 g/mol. The van der Waals surface area contributed by atoms with E-state index in [4.69, 9.17) is 0 Å². The Labute approximate surface area is 127 Å². The van der Waals surface area contributed by atoms with Gasteiger partial charge in [-0.2, -0.15) is 0 Å². The molecule has 0 aromatic rings. The Morgan fingerprint density at radius 2 is 1.05 bits per heavy atom. The van der Waals surface area contributed by atoms with Crippen LogP contribution in [0.2, 0.25) is 0 Å². The van der Waals surface area contributed by atoms with Crippen LogP contribution in [0.1, 0.15) is 91.9 Å². The van der Waals surface area contributed by atoms with Crippen molar-refractivity contribution in [2.75, 3.05) is 19.6 Å². The zero-order valence-corrected chi connectivity index (χ0v) is 14.5. The summed E-state index contributed by atoms with van der Waals surface area (Å²) in [5, 5.41) is 0. The molecule has 0 aromatic carbocycles. The van der Waals surface area contributed by atoms with Crippen LogP contribution in [0, 0.1) is 0 Å². The fraction of sp³-hybridized carbons (Fsp3) is 0.944. The van der Waals surface area contributed by atoms with Crippen LogP contribution in [0.3, 0.4) is 0 Å². The molecule has 2 heteroatoms. The number of quaternary nitrogens is 1. The zero-order chi connectivity index (χ0) is 15.3. The Hall–Kier alpha value is -0.370. The molecule has 0 aliphatic carbocycles. The second-order valence-electron chi connectivity index (χ2n) is 6.23. The van der Waals surface area contributed by atoms with Gasteiger partial charge < -0.3 is 0 Å². The molecule has 0 aliphatic rings. The number of unbranched alkanes of at least 4 members (excludes halogenated alkanes) is 5. The van der Waals surface area contributed by atoms with Crippen molar-refractivity contribution in [2.24, 2.45) is 0 Å². The standard InChI is InChI=1S/C18H38NO/c1-5-9-13-14-18(20)19(15-10-6-2,16-11-7-3)17-12-8-4/h5-17H2,1-4H3/q+1. The number of nitrogens with zero attached hydrogens (tertiary/aromatic N) is 1. The van der Waals surface area contributed by atoms with E-state index in [9.17, 15) is 4.79 Å². The Morgan fingerprint density at radius 1 is 0.650 bits per heavy atom. The molecule has 0 heterocycles. The fourth-order valence-corrected chi connectivity index (χ4v) is 2.86. The first-order valence-electron chi connectivity index (χ1n) is 9.06. The van der Waals surface area contributed by atoms with Gasteiger partial charge in [-0.15, -0.1) is 0 Å². The summed E-state index contributed by atoms with van der Waals surface area (Å²) in [5.41, 5.74) is 0. The van der Waals surface area contributed by atoms with E-state index in [1.807, 2.05) is 0 Å². The van der Waals surface area contributed by atoms with E-state index in [0.29, 0.717) is 5.91 Å². The van der Waals surface area contributed by atoms with Crippen LogP contribution in [0.25, 0.3) is 0 Å². The van der Waals surface area contributed by atoms with Crippen molar-refractivity contribution in [3.8, 4) is 0 Å². The molecule has 120 valence electrons. The van der Waals surface area contributed by atoms with Gasteiger partial charge in [0.1, 0.15) is 0 Å². The van der Waals surface area contributed by atoms with Crippen molar-refractivity contribution < 1.29 is 9.28 Å². The minimum atomic E-state index is 0.522. The lowest BCUT2D eigenvalue weighted by molar-refractivity contribution is -0.855. The van der Waals surface area contributed by atoms with Gasteiger partial charge in [0.15, 0.2) is 0 Å². The first-order chi connectivity index (χ1) is 9.66. The summed E-state index contributed by atoms with van der Waals surface area (Å²) in [5.74, 6) is 0.522. The van der Waals surface area contributed by atoms with Crippen LogP contribution in [0.5, 0.6) is 0 Å². The predicted molar refractivity (Wildman–Crippen MR) is 88.7 cm³/mol. The summed E-state index contributed by atoms with van der Waals surface area (Å²) in [7, 11) is 0. The third-order valence-electron chi connectivity index (χ3n) is 4.34. The Kier molecular flexibility index (Phi) is 12.1. The van der Waals surface area contributed by atoms with Gasteiger partial charge in [0.2, 0.25) is 0 Å². The molecule has 0 saturated carbocycles. The minimum absolute atomic E-state index is 0.522. The van der Waals surface area contributed by atoms with Gasteiger partial charge in [-0.05, 0) is 25.7 Å². The molecule has 1 amide bonds. The number of hydrogen-bond donors (Lipinski definition) is 0. The molecule has 0 aliphatic heterocycles. The largest absolute Gasteiger partial charge is 0.313 e. The summed E-state index contributed by atoms with van der Waals surface area (Å²) in [6.07, 6.45) is 11.4. The SMILES string of the molecule is CCCCCC(=O)[N+](CCCC)(CCCC)CCCC. The summed E-state index contributed by atoms with van der Waals surface area (Å²) in [6, 6.07) is 0. The summed E-state index contributed by atoms with van der Waals surface area (Å²) < 4.78 is 0.777. The quantitative estimate of drug-likeness (QED) is 0.331. The number of rotatable bonds is 13. The molecule has 0 N–H and O–H groups in total. The molecule has 0 spiro atoms. The molecule has 0 bridgehead atoms. The zero-order valence-electron chi connectivity index (χ0n) is 14.5. The second-order valence-corrected chi connectivity index (χ2v) is 6.23. The van der Waals surface area contributed by atoms with E-state index in [-0.39, 0.29) is 0 Å². The highest BCUT2D eigenvalue weighted by atomic mass is 16.2. The van der Waals surface area contributed by atoms with Crippen LogP contribution >= 0.6 is 0 Å². The lowest BCUT2D eigenvalue weighted by atomic mass is 10.1. The van der Waals surface area contributed by atoms with Crippen molar-refractivity contribution in [3.05, 3.63) is 0 Å². The van der Waals surface area contributed by atoms with Crippen molar-refractivity contribution in [1.29, 1.82) is 0 Å². The lowest BCUT2D eigenvalue weighted by Crippen LogP contribution is -2.54. The van der Waals surface area contributed by atoms with Crippen LogP contribution < -0.4 is 0 Å². The molecule has 0 saturated heterocycles. The van der Waals surface area contributed by atoms with E-state index in [1.54, 1.807) is 0 Å². The Balaban J connectivity index is 4.76. The van der Waals surface area contributed by atoms with Gasteiger partial charge >= 0.3 is 5.91 Å². The van der Waals surface area contributed by atoms with E-state index in [0.717, 1.165) is 37.0 Å². The van der Waals surface area contributed by atoms with Gasteiger partial charge in [0, 0.05) is 0 Å². The van der Waals surface area contributed by atoms with Crippen molar-refractivity contribution >= 4 is 5.91 Å². The summed E-state index contributed by atoms with van der Waals surface area (Å²) in [4.78, 5) is 12.8. The third-order valence-corrected chi connectivity index (χ3v) is 4.34. The fourth-order valence-electron chi connectivity index (χ4n) is 2.86. The number of carbonyl (C=O) groups excluding carboxylic acids is 1. The average Bonchev–Trinajstić information content (AvgIpc) is 2.47. The molecule has 0 rings (SSSR count). The van der Waals surface area contributed by atoms with E-state index >= 15 is 0 Å². The van der Waals surface area contributed by atoms with Crippen molar-refractivity contribution in [3.63, 3.8) is 0 Å². The Bertz CT molecular complexity index is 216. The van der Waals surface area contributed by atoms with E-state index in [1.165, 1.54) is 51.4 Å². The molecule has 0 fully saturated rings. The molecule has 20 heavy (non-hydrogen) atoms. The predicted octanol–water partition coefficient (Wildman–Crippen LogP) is 5.31. The maximum absolute atomic E-state index is 12.8. The van der Waals surface area contributed by atoms with E-state index < -0.39 is 0 Å². The van der Waals surface area contributed by atoms with Crippen LogP contribution in [0.15, 0.2) is 0 Å². The number of hydrogen-bond acceptors (Lipinski definition) is 1. The normalized spacial score (nSPS) is 11.8. The maximum atomic E-state index is 12.8. The van der Waals surface area contributed by atoms with Crippen LogP contribution in [0.4, 0.5) is 0 Å². The number of carbonyl (C=O) groups is 1. The molecule has 0 aromatic heterocycles. The van der Waals surface area contributed by atoms with Gasteiger partial charge in [-0.1, -0.05) is 59.8 Å². The number of amides is 1. The van der Waals surface area contributed by atoms with Gasteiger partial charge in [-0.25, -0.2) is 4.79 Å². The van der Waals surface area contributed by atoms with Crippen molar-refractivity contribution in [2.45, 2.75) is 91.9 Å². The summed E-state index contributed by atoms with van der Waals surface area (Å²) >= 11 is 0. The third kappa shape index (κ3) is 7.42. The van der Waals surface area contributed by atoms with Crippen molar-refractivity contribution in [1.82, 2.24) is 0 Å². The molecule has 0 radical (unpaired) electrons. The highest BCUT2D eigenvalue weighted by Gasteiger charge is 2.33. The topological polar surface area (TPSA) is 17.1 Å². The smallest absolute Gasteiger partial charge is 0.261 e. The lowest BCUT2D eigenvalue weighted by Gasteiger charge is -2.36. The monoisotopic (exact) mass is 284 g/mol. The molecular formula is C18H38NO+. The van der Waals surface area contributed by atoms with Gasteiger partial charge in [-0.3, -0.25) is 4.48 Å². The van der Waals surface area contributed by atoms with Crippen LogP contribution in [-0.2, 0) is 4.79 Å². The first-order valence-corrected chi connectivity index (χ1v) is 9.06. The van der Waals surface area contributed by atoms with Crippen LogP contribution in [-0.4, -0.2) is 30.0 Å². The molecule has 0 atom stereocenters.